The Morgan fingerprint density at radius 2 is 1.89 bits per heavy atom. The number of likely N-dealkylation sites (tertiary alicyclic amines) is 1. The normalized spacial score (nSPS) is 39.3. The molecule has 1 amide bonds. The van der Waals surface area contributed by atoms with Gasteiger partial charge in [-0.05, 0) is 69.6 Å². The molecular weight excluding hydrogens is 376 g/mol. The molecule has 5 aliphatic rings. The van der Waals surface area contributed by atoms with E-state index in [1.807, 2.05) is 6.92 Å². The zero-order valence-electron chi connectivity index (χ0n) is 16.7. The number of amides is 1. The van der Waals surface area contributed by atoms with E-state index in [1.165, 1.54) is 6.42 Å². The summed E-state index contributed by atoms with van der Waals surface area (Å²) >= 11 is 0. The average Bonchev–Trinajstić information content (AvgIpc) is 3.06. The number of rotatable bonds is 7. The van der Waals surface area contributed by atoms with E-state index in [4.69, 9.17) is 0 Å². The maximum atomic E-state index is 12.7. The van der Waals surface area contributed by atoms with Gasteiger partial charge in [-0.1, -0.05) is 6.92 Å². The van der Waals surface area contributed by atoms with Crippen LogP contribution in [-0.2, 0) is 14.8 Å². The van der Waals surface area contributed by atoms with Crippen LogP contribution in [0.15, 0.2) is 0 Å². The maximum absolute atomic E-state index is 12.7. The second-order valence-corrected chi connectivity index (χ2v) is 11.5. The van der Waals surface area contributed by atoms with Crippen LogP contribution in [0.3, 0.4) is 0 Å². The highest BCUT2D eigenvalue weighted by atomic mass is 32.2. The lowest BCUT2D eigenvalue weighted by Gasteiger charge is -2.62. The number of hydrogen-bond acceptors (Lipinski definition) is 5. The summed E-state index contributed by atoms with van der Waals surface area (Å²) in [5.74, 6) is 1.21. The molecule has 0 spiro atoms. The van der Waals surface area contributed by atoms with Gasteiger partial charge in [0.1, 0.15) is 6.04 Å². The molecule has 8 heteroatoms. The van der Waals surface area contributed by atoms with Crippen molar-refractivity contribution < 1.29 is 13.2 Å². The fourth-order valence-corrected chi connectivity index (χ4v) is 8.34. The fourth-order valence-electron chi connectivity index (χ4n) is 6.80. The van der Waals surface area contributed by atoms with Gasteiger partial charge in [-0.2, -0.15) is 5.26 Å². The molecule has 7 nitrogen and oxygen atoms in total. The Balaban J connectivity index is 1.46. The van der Waals surface area contributed by atoms with Gasteiger partial charge in [0, 0.05) is 17.6 Å². The summed E-state index contributed by atoms with van der Waals surface area (Å²) in [6, 6.07) is 1.94. The van der Waals surface area contributed by atoms with Crippen molar-refractivity contribution in [3.63, 3.8) is 0 Å². The van der Waals surface area contributed by atoms with Crippen LogP contribution in [0.5, 0.6) is 0 Å². The zero-order chi connectivity index (χ0) is 20.0. The summed E-state index contributed by atoms with van der Waals surface area (Å²) in [5.41, 5.74) is -0.507. The van der Waals surface area contributed by atoms with Crippen molar-refractivity contribution in [1.82, 2.24) is 14.9 Å². The molecule has 5 fully saturated rings. The van der Waals surface area contributed by atoms with Gasteiger partial charge in [0.25, 0.3) is 0 Å². The number of nitrogens with one attached hydrogen (secondary N) is 2. The van der Waals surface area contributed by atoms with Crippen LogP contribution in [-0.4, -0.2) is 55.2 Å². The van der Waals surface area contributed by atoms with Crippen molar-refractivity contribution >= 4 is 15.9 Å². The zero-order valence-corrected chi connectivity index (χ0v) is 17.6. The molecule has 0 aromatic carbocycles. The standard InChI is InChI=1S/C20H32N4O3S/c1-2-6-28(26,27)23-20-10-15-7-16(11-20)9-19(8-15,14-20)22-13-18(25)24-5-3-4-17(24)12-21/h15-17,22-23H,2-11,13-14H2,1H3/t15?,16?,17-,19?,20?/m0/s1. The summed E-state index contributed by atoms with van der Waals surface area (Å²) in [6.45, 7) is 2.80. The third-order valence-corrected chi connectivity index (χ3v) is 8.93. The quantitative estimate of drug-likeness (QED) is 0.665. The molecule has 2 N–H and O–H groups in total. The Kier molecular flexibility index (Phi) is 5.22. The fraction of sp³-hybridized carbons (Fsp3) is 0.900. The minimum atomic E-state index is -3.26. The predicted molar refractivity (Wildman–Crippen MR) is 106 cm³/mol. The first-order valence-corrected chi connectivity index (χ1v) is 12.4. The van der Waals surface area contributed by atoms with Crippen LogP contribution in [0.25, 0.3) is 0 Å². The monoisotopic (exact) mass is 408 g/mol. The number of sulfonamides is 1. The smallest absolute Gasteiger partial charge is 0.237 e. The van der Waals surface area contributed by atoms with Crippen molar-refractivity contribution in [2.75, 3.05) is 18.8 Å². The van der Waals surface area contributed by atoms with Crippen LogP contribution in [0, 0.1) is 23.2 Å². The first-order valence-electron chi connectivity index (χ1n) is 10.7. The highest BCUT2D eigenvalue weighted by Gasteiger charge is 2.58. The molecule has 1 saturated heterocycles. The Morgan fingerprint density at radius 3 is 2.54 bits per heavy atom. The minimum Gasteiger partial charge on any atom is -0.326 e. The van der Waals surface area contributed by atoms with Gasteiger partial charge in [-0.3, -0.25) is 4.79 Å². The SMILES string of the molecule is CCCS(=O)(=O)NC12CC3CC(CC(NCC(=O)N4CCC[C@H]4C#N)(C3)C1)C2. The first-order chi connectivity index (χ1) is 13.3. The molecule has 2 unspecified atom stereocenters. The first kappa shape index (κ1) is 20.1. The van der Waals surface area contributed by atoms with Gasteiger partial charge in [0.15, 0.2) is 0 Å². The predicted octanol–water partition coefficient (Wildman–Crippen LogP) is 1.51. The van der Waals surface area contributed by atoms with E-state index >= 15 is 0 Å². The lowest BCUT2D eigenvalue weighted by molar-refractivity contribution is -0.131. The van der Waals surface area contributed by atoms with Crippen LogP contribution < -0.4 is 10.0 Å². The molecule has 28 heavy (non-hydrogen) atoms. The molecule has 156 valence electrons. The van der Waals surface area contributed by atoms with Gasteiger partial charge in [-0.25, -0.2) is 13.1 Å². The number of carbonyl (C=O) groups excluding carboxylic acids is 1. The molecule has 1 heterocycles. The summed E-state index contributed by atoms with van der Waals surface area (Å²) in [7, 11) is -3.26. The molecule has 4 bridgehead atoms. The number of nitriles is 1. The molecule has 0 aromatic rings. The van der Waals surface area contributed by atoms with E-state index in [-0.39, 0.29) is 35.3 Å². The van der Waals surface area contributed by atoms with Gasteiger partial charge in [-0.15, -0.1) is 0 Å². The third-order valence-electron chi connectivity index (χ3n) is 7.24. The van der Waals surface area contributed by atoms with E-state index in [2.05, 4.69) is 16.1 Å². The van der Waals surface area contributed by atoms with Crippen molar-refractivity contribution in [3.8, 4) is 6.07 Å². The molecular formula is C20H32N4O3S. The largest absolute Gasteiger partial charge is 0.326 e. The highest BCUT2D eigenvalue weighted by Crippen LogP contribution is 2.57. The Morgan fingerprint density at radius 1 is 1.21 bits per heavy atom. The summed E-state index contributed by atoms with van der Waals surface area (Å²) in [5, 5.41) is 12.8. The van der Waals surface area contributed by atoms with Crippen molar-refractivity contribution in [3.05, 3.63) is 0 Å². The molecule has 4 saturated carbocycles. The second-order valence-electron chi connectivity index (χ2n) is 9.67. The molecule has 0 aromatic heterocycles. The van der Waals surface area contributed by atoms with Crippen LogP contribution in [0.2, 0.25) is 0 Å². The topological polar surface area (TPSA) is 102 Å². The number of nitrogens with zero attached hydrogens (tertiary/aromatic N) is 2. The maximum Gasteiger partial charge on any atom is 0.237 e. The van der Waals surface area contributed by atoms with E-state index < -0.39 is 10.0 Å². The van der Waals surface area contributed by atoms with Crippen LogP contribution in [0.1, 0.15) is 64.7 Å². The number of carbonyl (C=O) groups is 1. The molecule has 3 atom stereocenters. The summed E-state index contributed by atoms with van der Waals surface area (Å²) in [4.78, 5) is 14.4. The van der Waals surface area contributed by atoms with Gasteiger partial charge >= 0.3 is 0 Å². The molecule has 0 radical (unpaired) electrons. The van der Waals surface area contributed by atoms with Crippen molar-refractivity contribution in [2.45, 2.75) is 81.8 Å². The second kappa shape index (κ2) is 7.26. The lowest BCUT2D eigenvalue weighted by Crippen LogP contribution is -2.69. The molecule has 4 aliphatic carbocycles. The van der Waals surface area contributed by atoms with E-state index in [0.717, 1.165) is 44.9 Å². The molecule has 5 rings (SSSR count). The van der Waals surface area contributed by atoms with Crippen LogP contribution in [0.4, 0.5) is 0 Å². The van der Waals surface area contributed by atoms with Crippen molar-refractivity contribution in [2.24, 2.45) is 11.8 Å². The lowest BCUT2D eigenvalue weighted by atomic mass is 9.50. The average molecular weight is 409 g/mol. The van der Waals surface area contributed by atoms with Gasteiger partial charge < -0.3 is 10.2 Å². The highest BCUT2D eigenvalue weighted by molar-refractivity contribution is 7.89. The van der Waals surface area contributed by atoms with Gasteiger partial charge in [0.05, 0.1) is 18.4 Å². The Labute approximate surface area is 168 Å². The molecule has 1 aliphatic heterocycles. The summed E-state index contributed by atoms with van der Waals surface area (Å²) < 4.78 is 28.1. The van der Waals surface area contributed by atoms with E-state index in [0.29, 0.717) is 24.8 Å². The number of hydrogen-bond donors (Lipinski definition) is 2. The van der Waals surface area contributed by atoms with Gasteiger partial charge in [0.2, 0.25) is 15.9 Å². The Hall–Kier alpha value is -1.17. The van der Waals surface area contributed by atoms with Crippen molar-refractivity contribution in [1.29, 1.82) is 5.26 Å². The van der Waals surface area contributed by atoms with E-state index in [9.17, 15) is 18.5 Å². The minimum absolute atomic E-state index is 0.000379. The van der Waals surface area contributed by atoms with Crippen LogP contribution >= 0.6 is 0 Å². The van der Waals surface area contributed by atoms with E-state index in [1.54, 1.807) is 4.90 Å². The Bertz CT molecular complexity index is 761. The summed E-state index contributed by atoms with van der Waals surface area (Å²) in [6.07, 6.45) is 8.11. The third kappa shape index (κ3) is 3.81.